The van der Waals surface area contributed by atoms with Gasteiger partial charge in [-0.1, -0.05) is 6.07 Å². The third-order valence-electron chi connectivity index (χ3n) is 3.96. The Hall–Kier alpha value is -1.65. The van der Waals surface area contributed by atoms with Gasteiger partial charge in [-0.2, -0.15) is 13.2 Å². The van der Waals surface area contributed by atoms with Crippen LogP contribution >= 0.6 is 0 Å². The van der Waals surface area contributed by atoms with Gasteiger partial charge in [0.2, 0.25) is 15.9 Å². The number of hydrogen-bond acceptors (Lipinski definition) is 4. The maximum atomic E-state index is 12.7. The molecule has 0 unspecified atom stereocenters. The molecule has 6 nitrogen and oxygen atoms in total. The third kappa shape index (κ3) is 5.41. The number of rotatable bonds is 4. The molecule has 1 aliphatic heterocycles. The van der Waals surface area contributed by atoms with Crippen LogP contribution in [0.3, 0.4) is 0 Å². The summed E-state index contributed by atoms with van der Waals surface area (Å²) in [5.41, 5.74) is -1.06. The van der Waals surface area contributed by atoms with Gasteiger partial charge >= 0.3 is 6.18 Å². The summed E-state index contributed by atoms with van der Waals surface area (Å²) in [6.07, 6.45) is -3.86. The van der Waals surface area contributed by atoms with E-state index < -0.39 is 39.1 Å². The number of alkyl halides is 3. The summed E-state index contributed by atoms with van der Waals surface area (Å²) < 4.78 is 64.5. The molecule has 2 rings (SSSR count). The van der Waals surface area contributed by atoms with Crippen LogP contribution in [0, 0.1) is 0 Å². The molecular formula is C15H20F3N3O3S. The highest BCUT2D eigenvalue weighted by atomic mass is 32.2. The zero-order valence-electron chi connectivity index (χ0n) is 13.7. The number of carbonyl (C=O) groups excluding carboxylic acids is 1. The van der Waals surface area contributed by atoms with E-state index in [1.54, 1.807) is 4.90 Å². The van der Waals surface area contributed by atoms with Crippen molar-refractivity contribution in [1.82, 2.24) is 14.5 Å². The van der Waals surface area contributed by atoms with Gasteiger partial charge in [0.1, 0.15) is 0 Å². The van der Waals surface area contributed by atoms with E-state index in [9.17, 15) is 26.4 Å². The summed E-state index contributed by atoms with van der Waals surface area (Å²) in [6.45, 7) is 2.06. The van der Waals surface area contributed by atoms with Gasteiger partial charge in [0.15, 0.2) is 0 Å². The number of sulfonamides is 1. The van der Waals surface area contributed by atoms with Crippen molar-refractivity contribution < 1.29 is 26.4 Å². The monoisotopic (exact) mass is 379 g/mol. The Morgan fingerprint density at radius 2 is 1.92 bits per heavy atom. The van der Waals surface area contributed by atoms with Crippen LogP contribution in [0.1, 0.15) is 12.0 Å². The molecule has 1 aromatic carbocycles. The molecule has 1 saturated heterocycles. The molecule has 0 atom stereocenters. The van der Waals surface area contributed by atoms with E-state index in [1.807, 2.05) is 7.05 Å². The SMILES string of the molecule is CN1CCCN(C(=O)CNS(=O)(=O)c2cccc(C(F)(F)F)c2)CC1. The highest BCUT2D eigenvalue weighted by molar-refractivity contribution is 7.89. The zero-order chi connectivity index (χ0) is 18.7. The van der Waals surface area contributed by atoms with Crippen molar-refractivity contribution >= 4 is 15.9 Å². The van der Waals surface area contributed by atoms with Crippen molar-refractivity contribution in [3.05, 3.63) is 29.8 Å². The van der Waals surface area contributed by atoms with E-state index in [0.29, 0.717) is 25.7 Å². The molecule has 0 saturated carbocycles. The van der Waals surface area contributed by atoms with Crippen LogP contribution in [0.5, 0.6) is 0 Å². The van der Waals surface area contributed by atoms with Gasteiger partial charge in [-0.3, -0.25) is 4.79 Å². The lowest BCUT2D eigenvalue weighted by atomic mass is 10.2. The largest absolute Gasteiger partial charge is 0.416 e. The van der Waals surface area contributed by atoms with Gasteiger partial charge in [0.25, 0.3) is 0 Å². The van der Waals surface area contributed by atoms with Gasteiger partial charge in [0.05, 0.1) is 17.0 Å². The molecule has 0 radical (unpaired) electrons. The standard InChI is InChI=1S/C15H20F3N3O3S/c1-20-6-3-7-21(9-8-20)14(22)11-19-25(23,24)13-5-2-4-12(10-13)15(16,17)18/h2,4-5,10,19H,3,6-9,11H2,1H3. The Morgan fingerprint density at radius 3 is 2.60 bits per heavy atom. The van der Waals surface area contributed by atoms with E-state index >= 15 is 0 Å². The molecule has 1 aliphatic rings. The van der Waals surface area contributed by atoms with Crippen molar-refractivity contribution in [2.24, 2.45) is 0 Å². The van der Waals surface area contributed by atoms with Crippen LogP contribution in [0.2, 0.25) is 0 Å². The Labute approximate surface area is 144 Å². The summed E-state index contributed by atoms with van der Waals surface area (Å²) >= 11 is 0. The fraction of sp³-hybridized carbons (Fsp3) is 0.533. The predicted molar refractivity (Wildman–Crippen MR) is 85.3 cm³/mol. The number of likely N-dealkylation sites (N-methyl/N-ethyl adjacent to an activating group) is 1. The first kappa shape index (κ1) is 19.7. The van der Waals surface area contributed by atoms with Crippen LogP contribution in [-0.4, -0.2) is 63.9 Å². The van der Waals surface area contributed by atoms with E-state index in [1.165, 1.54) is 0 Å². The van der Waals surface area contributed by atoms with Crippen molar-refractivity contribution in [2.75, 3.05) is 39.8 Å². The number of nitrogens with one attached hydrogen (secondary N) is 1. The van der Waals surface area contributed by atoms with Crippen molar-refractivity contribution in [3.63, 3.8) is 0 Å². The van der Waals surface area contributed by atoms with Crippen LogP contribution < -0.4 is 4.72 Å². The van der Waals surface area contributed by atoms with Crippen molar-refractivity contribution in [1.29, 1.82) is 0 Å². The highest BCUT2D eigenvalue weighted by Gasteiger charge is 2.31. The molecule has 0 bridgehead atoms. The maximum Gasteiger partial charge on any atom is 0.416 e. The Kier molecular flexibility index (Phi) is 6.07. The second kappa shape index (κ2) is 7.71. The van der Waals surface area contributed by atoms with Gasteiger partial charge < -0.3 is 9.80 Å². The third-order valence-corrected chi connectivity index (χ3v) is 5.36. The molecule has 0 spiro atoms. The Balaban J connectivity index is 2.03. The van der Waals surface area contributed by atoms with E-state index in [-0.39, 0.29) is 0 Å². The van der Waals surface area contributed by atoms with Crippen molar-refractivity contribution in [3.8, 4) is 0 Å². The number of nitrogens with zero attached hydrogens (tertiary/aromatic N) is 2. The first-order valence-corrected chi connectivity index (χ1v) is 9.21. The first-order valence-electron chi connectivity index (χ1n) is 7.73. The second-order valence-electron chi connectivity index (χ2n) is 5.89. The Bertz CT molecular complexity index is 722. The Morgan fingerprint density at radius 1 is 1.20 bits per heavy atom. The maximum absolute atomic E-state index is 12.7. The van der Waals surface area contributed by atoms with Gasteiger partial charge in [-0.15, -0.1) is 0 Å². The fourth-order valence-electron chi connectivity index (χ4n) is 2.49. The fourth-order valence-corrected chi connectivity index (χ4v) is 3.51. The number of amides is 1. The van der Waals surface area contributed by atoms with E-state index in [0.717, 1.165) is 31.2 Å². The average Bonchev–Trinajstić information content (AvgIpc) is 2.77. The molecule has 0 aromatic heterocycles. The lowest BCUT2D eigenvalue weighted by Gasteiger charge is -2.20. The van der Waals surface area contributed by atoms with Crippen LogP contribution in [0.15, 0.2) is 29.2 Å². The van der Waals surface area contributed by atoms with Gasteiger partial charge in [-0.25, -0.2) is 13.1 Å². The lowest BCUT2D eigenvalue weighted by molar-refractivity contribution is -0.137. The van der Waals surface area contributed by atoms with Crippen molar-refractivity contribution in [2.45, 2.75) is 17.5 Å². The minimum absolute atomic E-state index is 0.397. The van der Waals surface area contributed by atoms with Crippen LogP contribution in [0.25, 0.3) is 0 Å². The summed E-state index contributed by atoms with van der Waals surface area (Å²) in [7, 11) is -2.27. The highest BCUT2D eigenvalue weighted by Crippen LogP contribution is 2.30. The van der Waals surface area contributed by atoms with E-state index in [2.05, 4.69) is 9.62 Å². The topological polar surface area (TPSA) is 69.7 Å². The first-order chi connectivity index (χ1) is 11.6. The van der Waals surface area contributed by atoms with E-state index in [4.69, 9.17) is 0 Å². The molecule has 0 aliphatic carbocycles. The quantitative estimate of drug-likeness (QED) is 0.852. The van der Waals surface area contributed by atoms with Gasteiger partial charge in [-0.05, 0) is 38.2 Å². The molecule has 10 heteroatoms. The molecule has 1 N–H and O–H groups in total. The summed E-state index contributed by atoms with van der Waals surface area (Å²) in [6, 6.07) is 3.42. The molecule has 1 fully saturated rings. The molecular weight excluding hydrogens is 359 g/mol. The molecule has 1 heterocycles. The molecule has 1 aromatic rings. The molecule has 1 amide bonds. The predicted octanol–water partition coefficient (Wildman–Crippen LogP) is 1.15. The average molecular weight is 379 g/mol. The number of carbonyl (C=O) groups is 1. The minimum atomic E-state index is -4.64. The number of hydrogen-bond donors (Lipinski definition) is 1. The van der Waals surface area contributed by atoms with Gasteiger partial charge in [0, 0.05) is 19.6 Å². The minimum Gasteiger partial charge on any atom is -0.340 e. The number of halogens is 3. The van der Waals surface area contributed by atoms with Crippen LogP contribution in [0.4, 0.5) is 13.2 Å². The smallest absolute Gasteiger partial charge is 0.340 e. The second-order valence-corrected chi connectivity index (χ2v) is 7.65. The number of benzene rings is 1. The molecule has 140 valence electrons. The summed E-state index contributed by atoms with van der Waals surface area (Å²) in [5, 5.41) is 0. The zero-order valence-corrected chi connectivity index (χ0v) is 14.5. The summed E-state index contributed by atoms with van der Waals surface area (Å²) in [5.74, 6) is -0.397. The molecule has 25 heavy (non-hydrogen) atoms. The van der Waals surface area contributed by atoms with Crippen LogP contribution in [-0.2, 0) is 21.0 Å². The lowest BCUT2D eigenvalue weighted by Crippen LogP contribution is -2.41. The normalized spacial score (nSPS) is 17.4. The summed E-state index contributed by atoms with van der Waals surface area (Å²) in [4.78, 5) is 15.3.